The molecular formula is C21H20ClN3O2. The molecule has 0 unspecified atom stereocenters. The van der Waals surface area contributed by atoms with Gasteiger partial charge in [-0.1, -0.05) is 30.3 Å². The minimum Gasteiger partial charge on any atom is -0.352 e. The molecule has 0 atom stereocenters. The molecule has 0 fully saturated rings. The number of Topliss-reactive ketones (excluding diaryl/α,β-unsaturated/α-hetero) is 1. The summed E-state index contributed by atoms with van der Waals surface area (Å²) in [5.74, 6) is 0.539. The van der Waals surface area contributed by atoms with Gasteiger partial charge < -0.3 is 9.88 Å². The number of fused-ring (bicyclic) bond motifs is 1. The third-order valence-corrected chi connectivity index (χ3v) is 4.48. The van der Waals surface area contributed by atoms with Crippen LogP contribution in [0.3, 0.4) is 0 Å². The predicted octanol–water partition coefficient (Wildman–Crippen LogP) is 3.81. The van der Waals surface area contributed by atoms with Gasteiger partial charge >= 0.3 is 0 Å². The zero-order chi connectivity index (χ0) is 19.4. The summed E-state index contributed by atoms with van der Waals surface area (Å²) in [5.41, 5.74) is 2.77. The molecule has 3 aromatic rings. The Labute approximate surface area is 162 Å². The Bertz CT molecular complexity index is 1010. The second kappa shape index (κ2) is 8.18. The van der Waals surface area contributed by atoms with Crippen LogP contribution in [0.1, 0.15) is 23.1 Å². The van der Waals surface area contributed by atoms with Crippen LogP contribution in [0.2, 0.25) is 5.02 Å². The van der Waals surface area contributed by atoms with Crippen molar-refractivity contribution in [2.75, 3.05) is 6.54 Å². The molecule has 0 saturated carbocycles. The van der Waals surface area contributed by atoms with Gasteiger partial charge in [-0.05, 0) is 43.3 Å². The molecule has 0 bridgehead atoms. The average molecular weight is 382 g/mol. The lowest BCUT2D eigenvalue weighted by Gasteiger charge is -2.10. The van der Waals surface area contributed by atoms with E-state index >= 15 is 0 Å². The SMILES string of the molecule is C=C(C)C(=O)NCCc1nc2ccccc2n1CC(=O)c1ccc(Cl)cc1. The van der Waals surface area contributed by atoms with Gasteiger partial charge in [-0.3, -0.25) is 9.59 Å². The number of ketones is 1. The molecular weight excluding hydrogens is 362 g/mol. The minimum atomic E-state index is -0.185. The van der Waals surface area contributed by atoms with Crippen LogP contribution in [-0.2, 0) is 17.8 Å². The number of hydrogen-bond acceptors (Lipinski definition) is 3. The molecule has 0 spiro atoms. The molecule has 0 aliphatic carbocycles. The lowest BCUT2D eigenvalue weighted by atomic mass is 10.1. The topological polar surface area (TPSA) is 64.0 Å². The van der Waals surface area contributed by atoms with E-state index in [9.17, 15) is 9.59 Å². The van der Waals surface area contributed by atoms with E-state index in [1.54, 1.807) is 31.2 Å². The number of halogens is 1. The summed E-state index contributed by atoms with van der Waals surface area (Å²) in [7, 11) is 0. The lowest BCUT2D eigenvalue weighted by Crippen LogP contribution is -2.27. The Hall–Kier alpha value is -2.92. The molecule has 0 saturated heterocycles. The molecule has 138 valence electrons. The smallest absolute Gasteiger partial charge is 0.246 e. The fourth-order valence-electron chi connectivity index (χ4n) is 2.80. The van der Waals surface area contributed by atoms with Gasteiger partial charge in [0.05, 0.1) is 17.6 Å². The van der Waals surface area contributed by atoms with Crippen LogP contribution in [0.25, 0.3) is 11.0 Å². The van der Waals surface area contributed by atoms with Crippen molar-refractivity contribution >= 4 is 34.3 Å². The summed E-state index contributed by atoms with van der Waals surface area (Å²) in [4.78, 5) is 29.0. The van der Waals surface area contributed by atoms with Crippen molar-refractivity contribution in [2.24, 2.45) is 0 Å². The number of para-hydroxylation sites is 2. The maximum Gasteiger partial charge on any atom is 0.246 e. The van der Waals surface area contributed by atoms with Gasteiger partial charge in [-0.25, -0.2) is 4.98 Å². The van der Waals surface area contributed by atoms with E-state index in [1.165, 1.54) is 0 Å². The van der Waals surface area contributed by atoms with Crippen LogP contribution in [0.15, 0.2) is 60.7 Å². The minimum absolute atomic E-state index is 0.0259. The molecule has 3 rings (SSSR count). The van der Waals surface area contributed by atoms with Gasteiger partial charge in [-0.2, -0.15) is 0 Å². The number of nitrogens with one attached hydrogen (secondary N) is 1. The van der Waals surface area contributed by atoms with Crippen molar-refractivity contribution in [3.8, 4) is 0 Å². The van der Waals surface area contributed by atoms with Crippen LogP contribution < -0.4 is 5.32 Å². The van der Waals surface area contributed by atoms with Crippen LogP contribution in [0, 0.1) is 0 Å². The van der Waals surface area contributed by atoms with Crippen molar-refractivity contribution in [1.29, 1.82) is 0 Å². The molecule has 2 aromatic carbocycles. The zero-order valence-electron chi connectivity index (χ0n) is 15.0. The second-order valence-corrected chi connectivity index (χ2v) is 6.76. The van der Waals surface area contributed by atoms with Gasteiger partial charge in [0.1, 0.15) is 5.82 Å². The monoisotopic (exact) mass is 381 g/mol. The molecule has 1 aromatic heterocycles. The van der Waals surface area contributed by atoms with Gasteiger partial charge in [0, 0.05) is 29.1 Å². The molecule has 0 radical (unpaired) electrons. The predicted molar refractivity (Wildman–Crippen MR) is 107 cm³/mol. The van der Waals surface area contributed by atoms with Gasteiger partial charge in [0.25, 0.3) is 0 Å². The zero-order valence-corrected chi connectivity index (χ0v) is 15.8. The quantitative estimate of drug-likeness (QED) is 0.500. The fraction of sp³-hybridized carbons (Fsp3) is 0.190. The Morgan fingerprint density at radius 1 is 1.15 bits per heavy atom. The van der Waals surface area contributed by atoms with Gasteiger partial charge in [0.2, 0.25) is 5.91 Å². The Balaban J connectivity index is 1.84. The number of amides is 1. The first-order valence-electron chi connectivity index (χ1n) is 8.62. The number of aromatic nitrogens is 2. The summed E-state index contributed by atoms with van der Waals surface area (Å²) in [5, 5.41) is 3.39. The molecule has 1 amide bonds. The van der Waals surface area contributed by atoms with Crippen molar-refractivity contribution in [3.05, 3.63) is 77.1 Å². The molecule has 5 nitrogen and oxygen atoms in total. The Kier molecular flexibility index (Phi) is 5.72. The van der Waals surface area contributed by atoms with Crippen LogP contribution in [0.4, 0.5) is 0 Å². The second-order valence-electron chi connectivity index (χ2n) is 6.32. The van der Waals surface area contributed by atoms with E-state index in [-0.39, 0.29) is 18.2 Å². The van der Waals surface area contributed by atoms with Crippen LogP contribution in [0.5, 0.6) is 0 Å². The van der Waals surface area contributed by atoms with E-state index in [2.05, 4.69) is 16.9 Å². The first-order chi connectivity index (χ1) is 13.0. The summed E-state index contributed by atoms with van der Waals surface area (Å²) in [6.45, 7) is 5.88. The third-order valence-electron chi connectivity index (χ3n) is 4.22. The van der Waals surface area contributed by atoms with E-state index in [0.29, 0.717) is 29.1 Å². The first-order valence-corrected chi connectivity index (χ1v) is 9.00. The van der Waals surface area contributed by atoms with Gasteiger partial charge in [0.15, 0.2) is 5.78 Å². The lowest BCUT2D eigenvalue weighted by molar-refractivity contribution is -0.117. The molecule has 6 heteroatoms. The highest BCUT2D eigenvalue weighted by molar-refractivity contribution is 6.30. The maximum atomic E-state index is 12.7. The molecule has 0 aliphatic heterocycles. The number of nitrogens with zero attached hydrogens (tertiary/aromatic N) is 2. The number of carbonyl (C=O) groups excluding carboxylic acids is 2. The molecule has 27 heavy (non-hydrogen) atoms. The standard InChI is InChI=1S/C21H20ClN3O2/c1-14(2)21(27)23-12-11-20-24-17-5-3-4-6-18(17)25(20)13-19(26)15-7-9-16(22)10-8-15/h3-10H,1,11-13H2,2H3,(H,23,27). The van der Waals surface area contributed by atoms with E-state index < -0.39 is 0 Å². The Morgan fingerprint density at radius 3 is 2.56 bits per heavy atom. The average Bonchev–Trinajstić information content (AvgIpc) is 2.99. The number of imidazole rings is 1. The van der Waals surface area contributed by atoms with Crippen LogP contribution in [-0.4, -0.2) is 27.8 Å². The van der Waals surface area contributed by atoms with Crippen molar-refractivity contribution in [1.82, 2.24) is 14.9 Å². The molecule has 1 heterocycles. The summed E-state index contributed by atoms with van der Waals surface area (Å²) >= 11 is 5.90. The van der Waals surface area contributed by atoms with Crippen LogP contribution >= 0.6 is 11.6 Å². The maximum absolute atomic E-state index is 12.7. The molecule has 0 aliphatic rings. The van der Waals surface area contributed by atoms with E-state index in [1.807, 2.05) is 28.8 Å². The normalized spacial score (nSPS) is 10.7. The number of hydrogen-bond donors (Lipinski definition) is 1. The highest BCUT2D eigenvalue weighted by Crippen LogP contribution is 2.18. The highest BCUT2D eigenvalue weighted by Gasteiger charge is 2.15. The van der Waals surface area contributed by atoms with Crippen molar-refractivity contribution in [2.45, 2.75) is 19.9 Å². The first kappa shape index (κ1) is 18.9. The Morgan fingerprint density at radius 2 is 1.85 bits per heavy atom. The summed E-state index contributed by atoms with van der Waals surface area (Å²) in [6, 6.07) is 14.5. The number of benzene rings is 2. The van der Waals surface area contributed by atoms with Gasteiger partial charge in [-0.15, -0.1) is 0 Å². The summed E-state index contributed by atoms with van der Waals surface area (Å²) in [6.07, 6.45) is 0.515. The third kappa shape index (κ3) is 4.44. The largest absolute Gasteiger partial charge is 0.352 e. The summed E-state index contributed by atoms with van der Waals surface area (Å²) < 4.78 is 1.90. The number of rotatable bonds is 7. The molecule has 1 N–H and O–H groups in total. The van der Waals surface area contributed by atoms with Crippen molar-refractivity contribution in [3.63, 3.8) is 0 Å². The van der Waals surface area contributed by atoms with Crippen molar-refractivity contribution < 1.29 is 9.59 Å². The van der Waals surface area contributed by atoms with E-state index in [4.69, 9.17) is 11.6 Å². The van der Waals surface area contributed by atoms with E-state index in [0.717, 1.165) is 16.9 Å². The number of carbonyl (C=O) groups is 2. The highest BCUT2D eigenvalue weighted by atomic mass is 35.5. The fourth-order valence-corrected chi connectivity index (χ4v) is 2.93.